The molecule has 88 valence electrons. The third kappa shape index (κ3) is 2.89. The summed E-state index contributed by atoms with van der Waals surface area (Å²) in [6, 6.07) is 5.76. The molecule has 1 aromatic carbocycles. The van der Waals surface area contributed by atoms with E-state index < -0.39 is 0 Å². The Balaban J connectivity index is 1.90. The summed E-state index contributed by atoms with van der Waals surface area (Å²) >= 11 is 12.0. The molecule has 1 fully saturated rings. The van der Waals surface area contributed by atoms with Crippen molar-refractivity contribution >= 4 is 23.2 Å². The number of benzene rings is 1. The number of halogens is 2. The zero-order valence-electron chi connectivity index (χ0n) is 8.96. The topological polar surface area (TPSA) is 35.2 Å². The SMILES string of the molecule is NOCCCC1CC1c1ccc(Cl)cc1Cl. The molecule has 0 amide bonds. The molecule has 1 aromatic rings. The highest BCUT2D eigenvalue weighted by atomic mass is 35.5. The first-order valence-electron chi connectivity index (χ1n) is 5.49. The Hall–Kier alpha value is -0.280. The zero-order chi connectivity index (χ0) is 11.5. The zero-order valence-corrected chi connectivity index (χ0v) is 10.5. The second kappa shape index (κ2) is 5.37. The normalized spacial score (nSPS) is 23.4. The van der Waals surface area contributed by atoms with E-state index in [1.54, 1.807) is 0 Å². The monoisotopic (exact) mass is 259 g/mol. The Labute approximate surface area is 106 Å². The van der Waals surface area contributed by atoms with Crippen LogP contribution < -0.4 is 5.90 Å². The molecule has 0 aromatic heterocycles. The predicted octanol–water partition coefficient (Wildman–Crippen LogP) is 3.77. The van der Waals surface area contributed by atoms with Gasteiger partial charge in [0, 0.05) is 10.0 Å². The Morgan fingerprint density at radius 2 is 2.19 bits per heavy atom. The first kappa shape index (κ1) is 12.2. The van der Waals surface area contributed by atoms with E-state index >= 15 is 0 Å². The molecule has 0 saturated heterocycles. The molecule has 0 heterocycles. The third-order valence-corrected chi connectivity index (χ3v) is 3.68. The van der Waals surface area contributed by atoms with Crippen LogP contribution in [0.4, 0.5) is 0 Å². The number of hydrogen-bond acceptors (Lipinski definition) is 2. The van der Waals surface area contributed by atoms with Gasteiger partial charge < -0.3 is 4.84 Å². The molecular formula is C12H15Cl2NO. The molecule has 0 aliphatic heterocycles. The van der Waals surface area contributed by atoms with Crippen LogP contribution >= 0.6 is 23.2 Å². The van der Waals surface area contributed by atoms with Crippen molar-refractivity contribution in [3.63, 3.8) is 0 Å². The second-order valence-corrected chi connectivity index (χ2v) is 5.12. The Bertz CT molecular complexity index is 370. The summed E-state index contributed by atoms with van der Waals surface area (Å²) in [5.41, 5.74) is 1.23. The molecule has 0 spiro atoms. The van der Waals surface area contributed by atoms with Crippen molar-refractivity contribution < 1.29 is 4.84 Å². The van der Waals surface area contributed by atoms with Crippen molar-refractivity contribution in [1.29, 1.82) is 0 Å². The van der Waals surface area contributed by atoms with Crippen molar-refractivity contribution in [2.24, 2.45) is 11.8 Å². The summed E-state index contributed by atoms with van der Waals surface area (Å²) < 4.78 is 0. The molecule has 2 rings (SSSR count). The van der Waals surface area contributed by atoms with Crippen LogP contribution in [0.3, 0.4) is 0 Å². The van der Waals surface area contributed by atoms with E-state index in [-0.39, 0.29) is 0 Å². The van der Waals surface area contributed by atoms with E-state index in [9.17, 15) is 0 Å². The summed E-state index contributed by atoms with van der Waals surface area (Å²) in [5.74, 6) is 6.32. The Kier molecular flexibility index (Phi) is 4.09. The standard InChI is InChI=1S/C12H15Cl2NO/c13-9-3-4-10(12(14)7-9)11-6-8(11)2-1-5-16-15/h3-4,7-8,11H,1-2,5-6,15H2. The molecule has 4 heteroatoms. The first-order chi connectivity index (χ1) is 7.72. The number of hydrogen-bond donors (Lipinski definition) is 1. The maximum Gasteiger partial charge on any atom is 0.0679 e. The molecule has 2 atom stereocenters. The lowest BCUT2D eigenvalue weighted by atomic mass is 10.1. The molecule has 2 N–H and O–H groups in total. The highest BCUT2D eigenvalue weighted by Gasteiger charge is 2.38. The maximum absolute atomic E-state index is 6.16. The van der Waals surface area contributed by atoms with Crippen molar-refractivity contribution in [2.45, 2.75) is 25.2 Å². The number of nitrogens with two attached hydrogens (primary N) is 1. The summed E-state index contributed by atoms with van der Waals surface area (Å²) in [6.07, 6.45) is 3.38. The van der Waals surface area contributed by atoms with Gasteiger partial charge in [-0.15, -0.1) is 0 Å². The van der Waals surface area contributed by atoms with Gasteiger partial charge in [-0.25, -0.2) is 5.90 Å². The lowest BCUT2D eigenvalue weighted by Gasteiger charge is -2.04. The van der Waals surface area contributed by atoms with Gasteiger partial charge in [-0.1, -0.05) is 29.3 Å². The fourth-order valence-electron chi connectivity index (χ4n) is 2.18. The molecule has 2 nitrogen and oxygen atoms in total. The van der Waals surface area contributed by atoms with Crippen LogP contribution in [0.5, 0.6) is 0 Å². The minimum absolute atomic E-state index is 0.600. The van der Waals surface area contributed by atoms with Gasteiger partial charge in [-0.2, -0.15) is 0 Å². The fraction of sp³-hybridized carbons (Fsp3) is 0.500. The van der Waals surface area contributed by atoms with Gasteiger partial charge in [0.15, 0.2) is 0 Å². The van der Waals surface area contributed by atoms with Crippen LogP contribution in [0.15, 0.2) is 18.2 Å². The highest BCUT2D eigenvalue weighted by molar-refractivity contribution is 6.35. The van der Waals surface area contributed by atoms with Crippen molar-refractivity contribution in [3.8, 4) is 0 Å². The summed E-state index contributed by atoms with van der Waals surface area (Å²) in [6.45, 7) is 0.636. The van der Waals surface area contributed by atoms with Crippen LogP contribution in [0.2, 0.25) is 10.0 Å². The van der Waals surface area contributed by atoms with E-state index in [0.717, 1.165) is 23.8 Å². The molecule has 2 unspecified atom stereocenters. The quantitative estimate of drug-likeness (QED) is 0.646. The van der Waals surface area contributed by atoms with Gasteiger partial charge in [0.05, 0.1) is 6.61 Å². The lowest BCUT2D eigenvalue weighted by molar-refractivity contribution is 0.132. The molecule has 0 bridgehead atoms. The first-order valence-corrected chi connectivity index (χ1v) is 6.24. The molecular weight excluding hydrogens is 245 g/mol. The molecule has 1 aliphatic rings. The van der Waals surface area contributed by atoms with Gasteiger partial charge in [-0.3, -0.25) is 0 Å². The summed E-state index contributed by atoms with van der Waals surface area (Å²) in [4.78, 5) is 4.56. The lowest BCUT2D eigenvalue weighted by Crippen LogP contribution is -2.00. The second-order valence-electron chi connectivity index (χ2n) is 4.28. The van der Waals surface area contributed by atoms with E-state index in [2.05, 4.69) is 4.84 Å². The van der Waals surface area contributed by atoms with Crippen LogP contribution in [0, 0.1) is 5.92 Å². The molecule has 16 heavy (non-hydrogen) atoms. The smallest absolute Gasteiger partial charge is 0.0679 e. The van der Waals surface area contributed by atoms with E-state index in [1.807, 2.05) is 18.2 Å². The van der Waals surface area contributed by atoms with Crippen molar-refractivity contribution in [2.75, 3.05) is 6.61 Å². The van der Waals surface area contributed by atoms with E-state index in [1.165, 1.54) is 12.0 Å². The molecule has 0 radical (unpaired) electrons. The predicted molar refractivity (Wildman–Crippen MR) is 66.7 cm³/mol. The van der Waals surface area contributed by atoms with Gasteiger partial charge in [0.25, 0.3) is 0 Å². The van der Waals surface area contributed by atoms with Gasteiger partial charge in [-0.05, 0) is 48.8 Å². The van der Waals surface area contributed by atoms with Crippen LogP contribution in [-0.2, 0) is 4.84 Å². The highest BCUT2D eigenvalue weighted by Crippen LogP contribution is 2.52. The minimum Gasteiger partial charge on any atom is -0.305 e. The van der Waals surface area contributed by atoms with Gasteiger partial charge in [0.2, 0.25) is 0 Å². The van der Waals surface area contributed by atoms with E-state index in [4.69, 9.17) is 29.1 Å². The van der Waals surface area contributed by atoms with Gasteiger partial charge >= 0.3 is 0 Å². The van der Waals surface area contributed by atoms with Crippen molar-refractivity contribution in [3.05, 3.63) is 33.8 Å². The summed E-state index contributed by atoms with van der Waals surface area (Å²) in [5, 5.41) is 1.48. The van der Waals surface area contributed by atoms with Gasteiger partial charge in [0.1, 0.15) is 0 Å². The van der Waals surface area contributed by atoms with Crippen LogP contribution in [0.25, 0.3) is 0 Å². The Morgan fingerprint density at radius 1 is 1.38 bits per heavy atom. The third-order valence-electron chi connectivity index (χ3n) is 3.12. The minimum atomic E-state index is 0.600. The maximum atomic E-state index is 6.16. The molecule has 1 saturated carbocycles. The van der Waals surface area contributed by atoms with Crippen LogP contribution in [-0.4, -0.2) is 6.61 Å². The average Bonchev–Trinajstić information content (AvgIpc) is 2.98. The molecule has 1 aliphatic carbocycles. The number of rotatable bonds is 5. The van der Waals surface area contributed by atoms with E-state index in [0.29, 0.717) is 17.5 Å². The summed E-state index contributed by atoms with van der Waals surface area (Å²) in [7, 11) is 0. The fourth-order valence-corrected chi connectivity index (χ4v) is 2.73. The average molecular weight is 260 g/mol. The Morgan fingerprint density at radius 3 is 2.88 bits per heavy atom. The van der Waals surface area contributed by atoms with Crippen LogP contribution in [0.1, 0.15) is 30.7 Å². The largest absolute Gasteiger partial charge is 0.305 e. The van der Waals surface area contributed by atoms with Crippen molar-refractivity contribution in [1.82, 2.24) is 0 Å².